The maximum absolute atomic E-state index is 11.9. The van der Waals surface area contributed by atoms with Crippen molar-refractivity contribution in [2.45, 2.75) is 18.4 Å². The van der Waals surface area contributed by atoms with Gasteiger partial charge in [-0.15, -0.1) is 0 Å². The van der Waals surface area contributed by atoms with Crippen molar-refractivity contribution in [1.29, 1.82) is 0 Å². The van der Waals surface area contributed by atoms with Gasteiger partial charge in [-0.3, -0.25) is 4.79 Å². The average molecular weight is 361 g/mol. The van der Waals surface area contributed by atoms with Crippen molar-refractivity contribution < 1.29 is 9.90 Å². The molecule has 5 heteroatoms. The number of aliphatic hydroxyl groups excluding tert-OH is 1. The highest BCUT2D eigenvalue weighted by atomic mass is 16.3. The first-order valence-corrected chi connectivity index (χ1v) is 9.25. The van der Waals surface area contributed by atoms with Crippen LogP contribution >= 0.6 is 0 Å². The topological polar surface area (TPSA) is 65.5 Å². The van der Waals surface area contributed by atoms with Crippen LogP contribution in [0.25, 0.3) is 10.8 Å². The molecule has 3 aromatic rings. The number of carbonyl (C=O) groups excluding carboxylic acids is 1. The smallest absolute Gasteiger partial charge is 0.251 e. The second-order valence-corrected chi connectivity index (χ2v) is 7.00. The summed E-state index contributed by atoms with van der Waals surface area (Å²) in [5, 5.41) is 15.8. The number of β-amino-alcohol motifs (C(OH)–C–C–N with tert-alkyl or cyclic N) is 1. The molecule has 2 aromatic carbocycles. The third-order valence-corrected chi connectivity index (χ3v) is 5.34. The first kappa shape index (κ1) is 17.5. The van der Waals surface area contributed by atoms with E-state index in [1.807, 2.05) is 12.1 Å². The molecule has 4 rings (SSSR count). The molecule has 1 amide bonds. The monoisotopic (exact) mass is 361 g/mol. The Balaban J connectivity index is 1.53. The Morgan fingerprint density at radius 2 is 1.96 bits per heavy atom. The molecule has 138 valence electrons. The Morgan fingerprint density at radius 3 is 2.74 bits per heavy atom. The van der Waals surface area contributed by atoms with Crippen molar-refractivity contribution in [2.75, 3.05) is 25.0 Å². The molecule has 2 heterocycles. The number of piperidine rings is 1. The minimum absolute atomic E-state index is 0.105. The van der Waals surface area contributed by atoms with Crippen molar-refractivity contribution in [2.24, 2.45) is 0 Å². The number of hydrogen-bond acceptors (Lipinski definition) is 4. The molecule has 0 bridgehead atoms. The van der Waals surface area contributed by atoms with Crippen LogP contribution in [0.1, 0.15) is 28.3 Å². The summed E-state index contributed by atoms with van der Waals surface area (Å²) in [6.07, 6.45) is 2.00. The van der Waals surface area contributed by atoms with E-state index in [9.17, 15) is 9.90 Å². The summed E-state index contributed by atoms with van der Waals surface area (Å²) >= 11 is 0. The van der Waals surface area contributed by atoms with Crippen molar-refractivity contribution in [3.8, 4) is 0 Å². The van der Waals surface area contributed by atoms with Gasteiger partial charge in [-0.2, -0.15) is 0 Å². The maximum Gasteiger partial charge on any atom is 0.251 e. The van der Waals surface area contributed by atoms with Crippen LogP contribution in [-0.2, 0) is 0 Å². The number of pyridine rings is 1. The molecule has 0 aliphatic carbocycles. The number of rotatable bonds is 3. The lowest BCUT2D eigenvalue weighted by Crippen LogP contribution is -2.43. The normalized spacial score (nSPS) is 19.9. The minimum Gasteiger partial charge on any atom is -0.391 e. The lowest BCUT2D eigenvalue weighted by molar-refractivity contribution is 0.0963. The van der Waals surface area contributed by atoms with Crippen LogP contribution < -0.4 is 10.2 Å². The van der Waals surface area contributed by atoms with Gasteiger partial charge in [-0.05, 0) is 34.9 Å². The molecule has 5 nitrogen and oxygen atoms in total. The molecule has 1 aliphatic rings. The van der Waals surface area contributed by atoms with Gasteiger partial charge in [0.25, 0.3) is 5.91 Å². The van der Waals surface area contributed by atoms with Crippen molar-refractivity contribution in [1.82, 2.24) is 10.3 Å². The Kier molecular flexibility index (Phi) is 4.77. The van der Waals surface area contributed by atoms with Crippen LogP contribution in [0, 0.1) is 0 Å². The SMILES string of the molecule is CNC(=O)c1ccnc(N2CC[C@@H](c3ccc4ccccc4c3)[C@H](O)C2)c1. The highest BCUT2D eigenvalue weighted by Gasteiger charge is 2.29. The Morgan fingerprint density at radius 1 is 1.15 bits per heavy atom. The van der Waals surface area contributed by atoms with Crippen LogP contribution in [0.2, 0.25) is 0 Å². The van der Waals surface area contributed by atoms with Gasteiger partial charge < -0.3 is 15.3 Å². The largest absolute Gasteiger partial charge is 0.391 e. The zero-order valence-corrected chi connectivity index (χ0v) is 15.3. The third kappa shape index (κ3) is 3.51. The molecule has 27 heavy (non-hydrogen) atoms. The lowest BCUT2D eigenvalue weighted by atomic mass is 9.86. The van der Waals surface area contributed by atoms with Crippen LogP contribution in [0.4, 0.5) is 5.82 Å². The third-order valence-electron chi connectivity index (χ3n) is 5.34. The Hall–Kier alpha value is -2.92. The lowest BCUT2D eigenvalue weighted by Gasteiger charge is -2.37. The molecule has 0 spiro atoms. The number of benzene rings is 2. The van der Waals surface area contributed by atoms with Gasteiger partial charge in [-0.25, -0.2) is 4.98 Å². The molecule has 1 aromatic heterocycles. The fourth-order valence-corrected chi connectivity index (χ4v) is 3.84. The van der Waals surface area contributed by atoms with Gasteiger partial charge in [0.05, 0.1) is 6.10 Å². The van der Waals surface area contributed by atoms with Gasteiger partial charge in [0, 0.05) is 37.8 Å². The van der Waals surface area contributed by atoms with E-state index in [0.29, 0.717) is 12.1 Å². The maximum atomic E-state index is 11.9. The molecule has 0 unspecified atom stereocenters. The predicted molar refractivity (Wildman–Crippen MR) is 107 cm³/mol. The number of hydrogen-bond donors (Lipinski definition) is 2. The standard InChI is InChI=1S/C22H23N3O2/c1-23-22(27)18-8-10-24-21(13-18)25-11-9-19(20(26)14-25)17-7-6-15-4-2-3-5-16(15)12-17/h2-8,10,12-13,19-20,26H,9,11,14H2,1H3,(H,23,27)/t19-,20+/m0/s1. The first-order chi connectivity index (χ1) is 13.2. The summed E-state index contributed by atoms with van der Waals surface area (Å²) in [6, 6.07) is 18.2. The fraction of sp³-hybridized carbons (Fsp3) is 0.273. The van der Waals surface area contributed by atoms with Gasteiger partial charge in [0.1, 0.15) is 5.82 Å². The van der Waals surface area contributed by atoms with E-state index in [4.69, 9.17) is 0 Å². The number of aliphatic hydroxyl groups is 1. The summed E-state index contributed by atoms with van der Waals surface area (Å²) in [4.78, 5) is 18.3. The second kappa shape index (κ2) is 7.37. The quantitative estimate of drug-likeness (QED) is 0.753. The number of amides is 1. The number of nitrogens with zero attached hydrogens (tertiary/aromatic N) is 2. The summed E-state index contributed by atoms with van der Waals surface area (Å²) in [7, 11) is 1.61. The first-order valence-electron chi connectivity index (χ1n) is 9.25. The molecular weight excluding hydrogens is 338 g/mol. The van der Waals surface area contributed by atoms with Crippen LogP contribution in [0.15, 0.2) is 60.8 Å². The summed E-state index contributed by atoms with van der Waals surface area (Å²) in [6.45, 7) is 1.29. The molecule has 1 fully saturated rings. The van der Waals surface area contributed by atoms with E-state index < -0.39 is 6.10 Å². The van der Waals surface area contributed by atoms with E-state index in [-0.39, 0.29) is 11.8 Å². The van der Waals surface area contributed by atoms with Crippen LogP contribution in [-0.4, -0.2) is 42.2 Å². The molecule has 2 N–H and O–H groups in total. The molecular formula is C22H23N3O2. The van der Waals surface area contributed by atoms with Crippen LogP contribution in [0.5, 0.6) is 0 Å². The number of carbonyl (C=O) groups is 1. The van der Waals surface area contributed by atoms with Crippen molar-refractivity contribution in [3.63, 3.8) is 0 Å². The van der Waals surface area contributed by atoms with E-state index in [1.165, 1.54) is 16.3 Å². The van der Waals surface area contributed by atoms with Crippen molar-refractivity contribution >= 4 is 22.5 Å². The zero-order valence-electron chi connectivity index (χ0n) is 15.3. The summed E-state index contributed by atoms with van der Waals surface area (Å²) in [5.74, 6) is 0.699. The summed E-state index contributed by atoms with van der Waals surface area (Å²) < 4.78 is 0. The minimum atomic E-state index is -0.481. The predicted octanol–water partition coefficient (Wildman–Crippen LogP) is 2.95. The molecule has 1 saturated heterocycles. The second-order valence-electron chi connectivity index (χ2n) is 7.00. The average Bonchev–Trinajstić information content (AvgIpc) is 2.73. The van der Waals surface area contributed by atoms with Crippen LogP contribution in [0.3, 0.4) is 0 Å². The zero-order chi connectivity index (χ0) is 18.8. The highest BCUT2D eigenvalue weighted by molar-refractivity contribution is 5.94. The molecule has 0 radical (unpaired) electrons. The number of fused-ring (bicyclic) bond motifs is 1. The van der Waals surface area contributed by atoms with Gasteiger partial charge in [-0.1, -0.05) is 42.5 Å². The number of nitrogens with one attached hydrogen (secondary N) is 1. The molecule has 1 aliphatic heterocycles. The molecule has 2 atom stereocenters. The summed E-state index contributed by atoms with van der Waals surface area (Å²) in [5.41, 5.74) is 1.75. The van der Waals surface area contributed by atoms with E-state index in [2.05, 4.69) is 45.5 Å². The Labute approximate surface area is 158 Å². The van der Waals surface area contributed by atoms with Crippen molar-refractivity contribution in [3.05, 3.63) is 71.9 Å². The van der Waals surface area contributed by atoms with E-state index in [1.54, 1.807) is 25.4 Å². The fourth-order valence-electron chi connectivity index (χ4n) is 3.84. The number of aromatic nitrogens is 1. The van der Waals surface area contributed by atoms with Gasteiger partial charge >= 0.3 is 0 Å². The highest BCUT2D eigenvalue weighted by Crippen LogP contribution is 2.32. The Bertz CT molecular complexity index is 972. The number of anilines is 1. The van der Waals surface area contributed by atoms with Gasteiger partial charge in [0.15, 0.2) is 0 Å². The van der Waals surface area contributed by atoms with Gasteiger partial charge in [0.2, 0.25) is 0 Å². The molecule has 0 saturated carbocycles. The van der Waals surface area contributed by atoms with E-state index >= 15 is 0 Å². The van der Waals surface area contributed by atoms with E-state index in [0.717, 1.165) is 18.8 Å².